The third kappa shape index (κ3) is 3.76. The number of aliphatic hydroxyl groups is 1. The Kier molecular flexibility index (Phi) is 5.25. The minimum Gasteiger partial charge on any atom is -0.382 e. The van der Waals surface area contributed by atoms with Crippen LogP contribution in [0.5, 0.6) is 0 Å². The van der Waals surface area contributed by atoms with Crippen molar-refractivity contribution in [3.8, 4) is 0 Å². The Morgan fingerprint density at radius 2 is 1.32 bits per heavy atom. The number of rotatable bonds is 5. The number of hydrogen-bond donors (Lipinski definition) is 2. The first-order valence-corrected chi connectivity index (χ1v) is 8.47. The Bertz CT molecular complexity index is 548. The third-order valence-corrected chi connectivity index (χ3v) is 4.80. The lowest BCUT2D eigenvalue weighted by Gasteiger charge is -2.28. The average molecular weight is 296 g/mol. The summed E-state index contributed by atoms with van der Waals surface area (Å²) in [6.07, 6.45) is 6.08. The molecular weight excluding hydrogens is 270 g/mol. The second-order valence-electron chi connectivity index (χ2n) is 6.38. The van der Waals surface area contributed by atoms with Crippen molar-refractivity contribution < 1.29 is 10.4 Å². The van der Waals surface area contributed by atoms with Gasteiger partial charge in [-0.3, -0.25) is 0 Å². The van der Waals surface area contributed by atoms with Gasteiger partial charge in [-0.2, -0.15) is 0 Å². The lowest BCUT2D eigenvalue weighted by molar-refractivity contribution is -0.738. The molecule has 0 heterocycles. The molecule has 0 bridgehead atoms. The number of quaternary nitrogens is 1. The second-order valence-corrected chi connectivity index (χ2v) is 6.38. The SMILES string of the molecule is O[C@H](c1ccccc1)[C@@H]([NH2+]C1CCCCC1)c1ccccc1. The van der Waals surface area contributed by atoms with Crippen molar-refractivity contribution in [1.29, 1.82) is 0 Å². The molecular formula is C20H26NO+. The van der Waals surface area contributed by atoms with E-state index in [4.69, 9.17) is 0 Å². The lowest BCUT2D eigenvalue weighted by Crippen LogP contribution is -2.91. The zero-order chi connectivity index (χ0) is 15.2. The van der Waals surface area contributed by atoms with Crippen LogP contribution in [-0.4, -0.2) is 11.1 Å². The Hall–Kier alpha value is -1.64. The predicted molar refractivity (Wildman–Crippen MR) is 89.4 cm³/mol. The molecule has 0 spiro atoms. The smallest absolute Gasteiger partial charge is 0.142 e. The van der Waals surface area contributed by atoms with Gasteiger partial charge in [0.15, 0.2) is 0 Å². The van der Waals surface area contributed by atoms with Crippen molar-refractivity contribution >= 4 is 0 Å². The third-order valence-electron chi connectivity index (χ3n) is 4.80. The molecule has 0 aromatic heterocycles. The van der Waals surface area contributed by atoms with Crippen LogP contribution in [0.1, 0.15) is 55.4 Å². The predicted octanol–water partition coefficient (Wildman–Crippen LogP) is 3.36. The van der Waals surface area contributed by atoms with Gasteiger partial charge >= 0.3 is 0 Å². The van der Waals surface area contributed by atoms with E-state index >= 15 is 0 Å². The Morgan fingerprint density at radius 1 is 0.773 bits per heavy atom. The Morgan fingerprint density at radius 3 is 1.91 bits per heavy atom. The zero-order valence-corrected chi connectivity index (χ0v) is 13.1. The fraction of sp³-hybridized carbons (Fsp3) is 0.400. The van der Waals surface area contributed by atoms with E-state index in [2.05, 4.69) is 29.6 Å². The quantitative estimate of drug-likeness (QED) is 0.872. The summed E-state index contributed by atoms with van der Waals surface area (Å²) in [6, 6.07) is 21.2. The number of nitrogens with two attached hydrogens (primary N) is 1. The maximum atomic E-state index is 10.9. The molecule has 2 aromatic carbocycles. The van der Waals surface area contributed by atoms with Gasteiger partial charge < -0.3 is 10.4 Å². The average Bonchev–Trinajstić information content (AvgIpc) is 2.61. The summed E-state index contributed by atoms with van der Waals surface area (Å²) < 4.78 is 0. The molecule has 0 radical (unpaired) electrons. The minimum atomic E-state index is -0.467. The summed E-state index contributed by atoms with van der Waals surface area (Å²) in [5.41, 5.74) is 2.22. The van der Waals surface area contributed by atoms with Crippen molar-refractivity contribution in [3.63, 3.8) is 0 Å². The summed E-state index contributed by atoms with van der Waals surface area (Å²) in [5.74, 6) is 0. The van der Waals surface area contributed by atoms with Crippen LogP contribution in [0.15, 0.2) is 60.7 Å². The van der Waals surface area contributed by atoms with Crippen LogP contribution in [0, 0.1) is 0 Å². The topological polar surface area (TPSA) is 36.8 Å². The maximum Gasteiger partial charge on any atom is 0.142 e. The van der Waals surface area contributed by atoms with Crippen LogP contribution < -0.4 is 5.32 Å². The highest BCUT2D eigenvalue weighted by atomic mass is 16.3. The second kappa shape index (κ2) is 7.57. The van der Waals surface area contributed by atoms with Gasteiger partial charge in [-0.15, -0.1) is 0 Å². The van der Waals surface area contributed by atoms with Crippen LogP contribution in [0.4, 0.5) is 0 Å². The van der Waals surface area contributed by atoms with Gasteiger partial charge in [-0.25, -0.2) is 0 Å². The molecule has 0 aliphatic heterocycles. The normalized spacial score (nSPS) is 18.8. The van der Waals surface area contributed by atoms with Crippen LogP contribution in [0.25, 0.3) is 0 Å². The maximum absolute atomic E-state index is 10.9. The van der Waals surface area contributed by atoms with Crippen molar-refractivity contribution in [1.82, 2.24) is 0 Å². The molecule has 0 saturated heterocycles. The van der Waals surface area contributed by atoms with Gasteiger partial charge in [0, 0.05) is 5.56 Å². The van der Waals surface area contributed by atoms with Crippen molar-refractivity contribution in [2.45, 2.75) is 50.3 Å². The Balaban J connectivity index is 1.82. The van der Waals surface area contributed by atoms with E-state index in [1.54, 1.807) is 0 Å². The summed E-state index contributed by atoms with van der Waals surface area (Å²) >= 11 is 0. The summed E-state index contributed by atoms with van der Waals surface area (Å²) in [5, 5.41) is 13.3. The molecule has 1 saturated carbocycles. The highest BCUT2D eigenvalue weighted by molar-refractivity contribution is 5.24. The first-order valence-electron chi connectivity index (χ1n) is 8.47. The molecule has 116 valence electrons. The minimum absolute atomic E-state index is 0.0756. The van der Waals surface area contributed by atoms with Crippen molar-refractivity contribution in [2.24, 2.45) is 0 Å². The van der Waals surface area contributed by atoms with Gasteiger partial charge in [0.25, 0.3) is 0 Å². The monoisotopic (exact) mass is 296 g/mol. The molecule has 0 unspecified atom stereocenters. The molecule has 2 aromatic rings. The molecule has 1 aliphatic rings. The van der Waals surface area contributed by atoms with Crippen molar-refractivity contribution in [2.75, 3.05) is 0 Å². The van der Waals surface area contributed by atoms with Crippen LogP contribution in [-0.2, 0) is 0 Å². The number of benzene rings is 2. The molecule has 0 amide bonds. The summed E-state index contributed by atoms with van der Waals surface area (Å²) in [4.78, 5) is 0. The molecule has 22 heavy (non-hydrogen) atoms. The van der Waals surface area contributed by atoms with Crippen LogP contribution >= 0.6 is 0 Å². The van der Waals surface area contributed by atoms with Crippen LogP contribution in [0.3, 0.4) is 0 Å². The van der Waals surface area contributed by atoms with Gasteiger partial charge in [0.1, 0.15) is 12.1 Å². The molecule has 1 aliphatic carbocycles. The molecule has 1 fully saturated rings. The lowest BCUT2D eigenvalue weighted by atomic mass is 9.91. The highest BCUT2D eigenvalue weighted by Gasteiger charge is 2.29. The van der Waals surface area contributed by atoms with Gasteiger partial charge in [0.2, 0.25) is 0 Å². The van der Waals surface area contributed by atoms with Crippen LogP contribution in [0.2, 0.25) is 0 Å². The first kappa shape index (κ1) is 15.3. The molecule has 2 atom stereocenters. The van der Waals surface area contributed by atoms with E-state index in [9.17, 15) is 5.11 Å². The Labute approximate surface area is 133 Å². The van der Waals surface area contributed by atoms with E-state index < -0.39 is 6.10 Å². The van der Waals surface area contributed by atoms with Gasteiger partial charge in [0.05, 0.1) is 6.04 Å². The van der Waals surface area contributed by atoms with E-state index in [1.165, 1.54) is 37.7 Å². The zero-order valence-electron chi connectivity index (χ0n) is 13.1. The number of hydrogen-bond acceptors (Lipinski definition) is 1. The number of aliphatic hydroxyl groups excluding tert-OH is 1. The van der Waals surface area contributed by atoms with E-state index in [0.717, 1.165) is 5.56 Å². The van der Waals surface area contributed by atoms with E-state index in [-0.39, 0.29) is 6.04 Å². The molecule has 2 nitrogen and oxygen atoms in total. The van der Waals surface area contributed by atoms with Gasteiger partial charge in [-0.1, -0.05) is 67.1 Å². The molecule has 3 rings (SSSR count). The fourth-order valence-corrected chi connectivity index (χ4v) is 3.55. The van der Waals surface area contributed by atoms with Gasteiger partial charge in [-0.05, 0) is 31.2 Å². The summed E-state index contributed by atoms with van der Waals surface area (Å²) in [6.45, 7) is 0. The molecule has 3 N–H and O–H groups in total. The highest BCUT2D eigenvalue weighted by Crippen LogP contribution is 2.26. The standard InChI is InChI=1S/C20H25NO/c22-20(17-12-6-2-7-13-17)19(16-10-4-1-5-11-16)21-18-14-8-3-9-15-18/h1-2,4-7,10-13,18-22H,3,8-9,14-15H2/p+1/t19-,20+/m0/s1. The summed E-state index contributed by atoms with van der Waals surface area (Å²) in [7, 11) is 0. The largest absolute Gasteiger partial charge is 0.382 e. The fourth-order valence-electron chi connectivity index (χ4n) is 3.55. The van der Waals surface area contributed by atoms with Crippen molar-refractivity contribution in [3.05, 3.63) is 71.8 Å². The first-order chi connectivity index (χ1) is 10.8. The van der Waals surface area contributed by atoms with E-state index in [1.807, 2.05) is 36.4 Å². The van der Waals surface area contributed by atoms with E-state index in [0.29, 0.717) is 6.04 Å². The molecule has 2 heteroatoms.